The molecular weight excluding hydrogens is 304 g/mol. The van der Waals surface area contributed by atoms with Crippen LogP contribution >= 0.6 is 0 Å². The van der Waals surface area contributed by atoms with Crippen LogP contribution in [-0.2, 0) is 11.2 Å². The summed E-state index contributed by atoms with van der Waals surface area (Å²) in [5.74, 6) is -0.0894. The van der Waals surface area contributed by atoms with Gasteiger partial charge in [0.05, 0.1) is 0 Å². The first-order valence-electron chi connectivity index (χ1n) is 8.52. The third-order valence-electron chi connectivity index (χ3n) is 6.53. The zero-order chi connectivity index (χ0) is 17.1. The van der Waals surface area contributed by atoms with Crippen LogP contribution in [0.1, 0.15) is 43.2 Å². The van der Waals surface area contributed by atoms with Gasteiger partial charge in [0.25, 0.3) is 0 Å². The van der Waals surface area contributed by atoms with Gasteiger partial charge in [-0.25, -0.2) is 0 Å². The molecular formula is C20H22O4. The summed E-state index contributed by atoms with van der Waals surface area (Å²) in [5, 5.41) is 32.2. The first kappa shape index (κ1) is 15.6. The van der Waals surface area contributed by atoms with Gasteiger partial charge in [0, 0.05) is 5.41 Å². The molecule has 2 aromatic rings. The number of carbonyl (C=O) groups is 1. The Bertz CT molecular complexity index is 843. The molecule has 2 aliphatic carbocycles. The first-order chi connectivity index (χ1) is 11.4. The van der Waals surface area contributed by atoms with E-state index in [2.05, 4.69) is 6.07 Å². The number of aryl methyl sites for hydroxylation is 1. The number of phenolic OH excluding ortho intramolecular Hbond substituents is 1. The molecule has 0 heterocycles. The monoisotopic (exact) mass is 326 g/mol. The summed E-state index contributed by atoms with van der Waals surface area (Å²) in [6, 6.07) is 9.51. The van der Waals surface area contributed by atoms with Crippen LogP contribution in [0.15, 0.2) is 30.3 Å². The number of phenols is 1. The fourth-order valence-corrected chi connectivity index (χ4v) is 5.10. The van der Waals surface area contributed by atoms with E-state index in [0.717, 1.165) is 23.6 Å². The van der Waals surface area contributed by atoms with Crippen LogP contribution in [0.4, 0.5) is 0 Å². The van der Waals surface area contributed by atoms with Crippen molar-refractivity contribution < 1.29 is 20.1 Å². The zero-order valence-electron chi connectivity index (χ0n) is 13.7. The van der Waals surface area contributed by atoms with E-state index in [1.807, 2.05) is 19.1 Å². The fourth-order valence-electron chi connectivity index (χ4n) is 5.10. The van der Waals surface area contributed by atoms with E-state index in [0.29, 0.717) is 12.8 Å². The molecule has 0 bridgehead atoms. The Hall–Kier alpha value is -1.91. The smallest absolute Gasteiger partial charge is 0.190 e. The van der Waals surface area contributed by atoms with Crippen molar-refractivity contribution in [2.75, 3.05) is 6.61 Å². The normalized spacial score (nSPS) is 31.7. The molecule has 0 radical (unpaired) electrons. The molecule has 0 aliphatic heterocycles. The second kappa shape index (κ2) is 5.04. The van der Waals surface area contributed by atoms with Crippen molar-refractivity contribution >= 4 is 16.6 Å². The number of Topliss-reactive ketones (excluding diaryl/α,β-unsaturated/α-hetero) is 1. The van der Waals surface area contributed by atoms with Crippen LogP contribution in [0, 0.1) is 5.41 Å². The maximum Gasteiger partial charge on any atom is 0.190 e. The molecule has 0 saturated heterocycles. The average molecular weight is 326 g/mol. The standard InChI is InChI=1S/C20H22O4/c1-19-8-6-15-14-5-3-13(22)10-12(14)2-4-16(15)17(19)7-9-20(19,24)18(23)11-21/h2-5,10,17,21-22,24H,6-9,11H2,1H3/t17-,19-,20-/m0/s1. The van der Waals surface area contributed by atoms with Gasteiger partial charge in [-0.3, -0.25) is 4.79 Å². The number of aliphatic hydroxyl groups is 2. The number of hydrogen-bond acceptors (Lipinski definition) is 4. The van der Waals surface area contributed by atoms with Crippen molar-refractivity contribution in [3.8, 4) is 5.75 Å². The minimum Gasteiger partial charge on any atom is -0.508 e. The van der Waals surface area contributed by atoms with Crippen LogP contribution in [-0.4, -0.2) is 33.3 Å². The summed E-state index contributed by atoms with van der Waals surface area (Å²) >= 11 is 0. The third kappa shape index (κ3) is 1.84. The van der Waals surface area contributed by atoms with Gasteiger partial charge in [-0.2, -0.15) is 0 Å². The van der Waals surface area contributed by atoms with Gasteiger partial charge in [0.1, 0.15) is 18.0 Å². The molecule has 4 nitrogen and oxygen atoms in total. The highest BCUT2D eigenvalue weighted by molar-refractivity contribution is 5.91. The van der Waals surface area contributed by atoms with Crippen molar-refractivity contribution in [3.63, 3.8) is 0 Å². The van der Waals surface area contributed by atoms with E-state index >= 15 is 0 Å². The lowest BCUT2D eigenvalue weighted by molar-refractivity contribution is -0.153. The maximum absolute atomic E-state index is 12.2. The topological polar surface area (TPSA) is 77.8 Å². The molecule has 4 rings (SSSR count). The van der Waals surface area contributed by atoms with E-state index in [9.17, 15) is 20.1 Å². The predicted octanol–water partition coefficient (Wildman–Crippen LogP) is 2.67. The molecule has 3 N–H and O–H groups in total. The maximum atomic E-state index is 12.2. The third-order valence-corrected chi connectivity index (χ3v) is 6.53. The summed E-state index contributed by atoms with van der Waals surface area (Å²) in [4.78, 5) is 12.2. The predicted molar refractivity (Wildman–Crippen MR) is 91.1 cm³/mol. The quantitative estimate of drug-likeness (QED) is 0.793. The number of carbonyl (C=O) groups excluding carboxylic acids is 1. The van der Waals surface area contributed by atoms with Crippen molar-refractivity contribution in [1.82, 2.24) is 0 Å². The van der Waals surface area contributed by atoms with Crippen molar-refractivity contribution in [2.24, 2.45) is 5.41 Å². The lowest BCUT2D eigenvalue weighted by Gasteiger charge is -2.45. The number of rotatable bonds is 2. The molecule has 2 aromatic carbocycles. The SMILES string of the molecule is C[C@]12CCc3c(ccc4cc(O)ccc34)[C@@H]1CC[C@]2(O)C(=O)CO. The Balaban J connectivity index is 1.86. The fraction of sp³-hybridized carbons (Fsp3) is 0.450. The van der Waals surface area contributed by atoms with Crippen LogP contribution in [0.2, 0.25) is 0 Å². The number of aromatic hydroxyl groups is 1. The van der Waals surface area contributed by atoms with Crippen molar-refractivity contribution in [2.45, 2.75) is 44.1 Å². The van der Waals surface area contributed by atoms with Gasteiger partial charge >= 0.3 is 0 Å². The van der Waals surface area contributed by atoms with Gasteiger partial charge in [-0.1, -0.05) is 25.1 Å². The number of aliphatic hydroxyl groups excluding tert-OH is 1. The largest absolute Gasteiger partial charge is 0.508 e. The van der Waals surface area contributed by atoms with Crippen LogP contribution < -0.4 is 0 Å². The molecule has 1 fully saturated rings. The molecule has 0 amide bonds. The van der Waals surface area contributed by atoms with Crippen LogP contribution in [0.25, 0.3) is 10.8 Å². The molecule has 24 heavy (non-hydrogen) atoms. The van der Waals surface area contributed by atoms with E-state index in [4.69, 9.17) is 0 Å². The first-order valence-corrected chi connectivity index (χ1v) is 8.52. The van der Waals surface area contributed by atoms with Gasteiger partial charge in [0.15, 0.2) is 5.78 Å². The van der Waals surface area contributed by atoms with Crippen LogP contribution in [0.5, 0.6) is 5.75 Å². The Kier molecular flexibility index (Phi) is 3.28. The molecule has 2 aliphatic rings. The summed E-state index contributed by atoms with van der Waals surface area (Å²) in [5.41, 5.74) is 0.484. The van der Waals surface area contributed by atoms with Gasteiger partial charge in [-0.15, -0.1) is 0 Å². The minimum atomic E-state index is -1.44. The Morgan fingerprint density at radius 2 is 2.04 bits per heavy atom. The number of ketones is 1. The molecule has 126 valence electrons. The number of fused-ring (bicyclic) bond motifs is 5. The second-order valence-electron chi connectivity index (χ2n) is 7.49. The lowest BCUT2D eigenvalue weighted by atomic mass is 9.60. The van der Waals surface area contributed by atoms with E-state index in [-0.39, 0.29) is 11.7 Å². The Labute approximate surface area is 140 Å². The number of hydrogen-bond donors (Lipinski definition) is 3. The average Bonchev–Trinajstić information content (AvgIpc) is 2.86. The Morgan fingerprint density at radius 1 is 1.25 bits per heavy atom. The van der Waals surface area contributed by atoms with Crippen molar-refractivity contribution in [1.29, 1.82) is 0 Å². The molecule has 0 spiro atoms. The molecule has 4 heteroatoms. The van der Waals surface area contributed by atoms with E-state index < -0.39 is 23.4 Å². The van der Waals surface area contributed by atoms with E-state index in [1.165, 1.54) is 11.1 Å². The zero-order valence-corrected chi connectivity index (χ0v) is 13.7. The highest BCUT2D eigenvalue weighted by Crippen LogP contribution is 2.61. The highest BCUT2D eigenvalue weighted by atomic mass is 16.3. The molecule has 0 aromatic heterocycles. The summed E-state index contributed by atoms with van der Waals surface area (Å²) in [7, 11) is 0. The highest BCUT2D eigenvalue weighted by Gasteiger charge is 2.61. The van der Waals surface area contributed by atoms with Crippen molar-refractivity contribution in [3.05, 3.63) is 41.5 Å². The summed E-state index contributed by atoms with van der Waals surface area (Å²) in [6.07, 6.45) is 2.65. The summed E-state index contributed by atoms with van der Waals surface area (Å²) in [6.45, 7) is 1.38. The second-order valence-corrected chi connectivity index (χ2v) is 7.49. The molecule has 1 saturated carbocycles. The minimum absolute atomic E-state index is 0.111. The molecule has 3 atom stereocenters. The number of benzene rings is 2. The Morgan fingerprint density at radius 3 is 2.79 bits per heavy atom. The van der Waals surface area contributed by atoms with Gasteiger partial charge in [-0.05, 0) is 65.6 Å². The van der Waals surface area contributed by atoms with E-state index in [1.54, 1.807) is 12.1 Å². The van der Waals surface area contributed by atoms with Crippen LogP contribution in [0.3, 0.4) is 0 Å². The van der Waals surface area contributed by atoms with Gasteiger partial charge in [0.2, 0.25) is 0 Å². The van der Waals surface area contributed by atoms with Gasteiger partial charge < -0.3 is 15.3 Å². The summed E-state index contributed by atoms with van der Waals surface area (Å²) < 4.78 is 0. The molecule has 0 unspecified atom stereocenters. The lowest BCUT2D eigenvalue weighted by Crippen LogP contribution is -2.53.